The molecule has 180 valence electrons. The normalized spacial score (nSPS) is 24.3. The molecular formula is C24H31ClN2O6. The predicted molar refractivity (Wildman–Crippen MR) is 123 cm³/mol. The fourth-order valence-electron chi connectivity index (χ4n) is 4.34. The van der Waals surface area contributed by atoms with Crippen molar-refractivity contribution < 1.29 is 28.6 Å². The molecule has 1 aromatic rings. The van der Waals surface area contributed by atoms with Crippen LogP contribution in [0, 0.1) is 0 Å². The molecule has 1 saturated heterocycles. The molecule has 2 atom stereocenters. The molecule has 3 aliphatic rings. The van der Waals surface area contributed by atoms with Gasteiger partial charge in [-0.05, 0) is 59.2 Å². The summed E-state index contributed by atoms with van der Waals surface area (Å²) < 4.78 is 16.8. The number of benzene rings is 1. The molecule has 1 amide bonds. The number of carbonyl (C=O) groups is 2. The van der Waals surface area contributed by atoms with Gasteiger partial charge in [-0.2, -0.15) is 0 Å². The molecule has 0 radical (unpaired) electrons. The summed E-state index contributed by atoms with van der Waals surface area (Å²) in [6, 6.07) is 3.01. The van der Waals surface area contributed by atoms with Gasteiger partial charge in [-0.1, -0.05) is 16.8 Å². The maximum absolute atomic E-state index is 13.0. The number of hydrogen-bond donors (Lipinski definition) is 0. The lowest BCUT2D eigenvalue weighted by Crippen LogP contribution is -2.46. The Balaban J connectivity index is 1.56. The first-order chi connectivity index (χ1) is 15.3. The molecule has 0 aromatic heterocycles. The third kappa shape index (κ3) is 5.05. The summed E-state index contributed by atoms with van der Waals surface area (Å²) >= 11 is 6.41. The number of likely N-dealkylation sites (tertiary alicyclic amines) is 1. The van der Waals surface area contributed by atoms with Gasteiger partial charge in [0.1, 0.15) is 23.0 Å². The predicted octanol–water partition coefficient (Wildman–Crippen LogP) is 4.49. The fourth-order valence-corrected chi connectivity index (χ4v) is 4.63. The van der Waals surface area contributed by atoms with Gasteiger partial charge in [-0.15, -0.1) is 0 Å². The molecule has 1 aromatic carbocycles. The summed E-state index contributed by atoms with van der Waals surface area (Å²) in [4.78, 5) is 33.3. The lowest BCUT2D eigenvalue weighted by Gasteiger charge is -2.29. The van der Waals surface area contributed by atoms with E-state index in [0.717, 1.165) is 29.0 Å². The van der Waals surface area contributed by atoms with Crippen LogP contribution < -0.4 is 4.74 Å². The van der Waals surface area contributed by atoms with Crippen molar-refractivity contribution in [1.82, 2.24) is 4.90 Å². The zero-order valence-electron chi connectivity index (χ0n) is 20.0. The van der Waals surface area contributed by atoms with Crippen LogP contribution in [0.15, 0.2) is 17.3 Å². The molecule has 1 fully saturated rings. The van der Waals surface area contributed by atoms with Gasteiger partial charge < -0.3 is 19.0 Å². The van der Waals surface area contributed by atoms with Crippen molar-refractivity contribution in [2.24, 2.45) is 5.16 Å². The van der Waals surface area contributed by atoms with E-state index in [9.17, 15) is 9.59 Å². The summed E-state index contributed by atoms with van der Waals surface area (Å²) in [5.41, 5.74) is 0.386. The molecule has 1 spiro atoms. The summed E-state index contributed by atoms with van der Waals surface area (Å²) in [6.07, 6.45) is 0.900. The minimum absolute atomic E-state index is 0.167. The van der Waals surface area contributed by atoms with E-state index in [-0.39, 0.29) is 13.0 Å². The van der Waals surface area contributed by atoms with E-state index in [0.29, 0.717) is 18.1 Å². The molecule has 3 aliphatic heterocycles. The quantitative estimate of drug-likeness (QED) is 0.582. The van der Waals surface area contributed by atoms with Gasteiger partial charge in [0.2, 0.25) is 0 Å². The van der Waals surface area contributed by atoms with Crippen LogP contribution in [0.3, 0.4) is 0 Å². The molecular weight excluding hydrogens is 448 g/mol. The molecule has 0 N–H and O–H groups in total. The first-order valence-electron chi connectivity index (χ1n) is 11.2. The maximum atomic E-state index is 13.0. The number of halogens is 1. The standard InChI is InChI=1S/C24H31ClN2O6/c1-22(2,3)31-20(28)18-12-24(13-27(18)21(29)32-23(4,5)6)11-17(26-33-24)15-9-14-7-8-30-19(14)16(25)10-15/h9-10,18H,7-8,11-13H2,1-6H3/t18-,24+/m0/s1. The minimum atomic E-state index is -0.838. The van der Waals surface area contributed by atoms with Gasteiger partial charge in [0.25, 0.3) is 0 Å². The zero-order valence-corrected chi connectivity index (χ0v) is 20.7. The smallest absolute Gasteiger partial charge is 0.411 e. The Hall–Kier alpha value is -2.48. The number of ether oxygens (including phenoxy) is 3. The lowest BCUT2D eigenvalue weighted by atomic mass is 9.91. The highest BCUT2D eigenvalue weighted by Gasteiger charge is 2.55. The molecule has 3 heterocycles. The van der Waals surface area contributed by atoms with Gasteiger partial charge >= 0.3 is 12.1 Å². The topological polar surface area (TPSA) is 86.7 Å². The summed E-state index contributed by atoms with van der Waals surface area (Å²) in [7, 11) is 0. The monoisotopic (exact) mass is 478 g/mol. The fraction of sp³-hybridized carbons (Fsp3) is 0.625. The van der Waals surface area contributed by atoms with E-state index in [1.54, 1.807) is 41.5 Å². The molecule has 0 bridgehead atoms. The molecule has 0 aliphatic carbocycles. The van der Waals surface area contributed by atoms with Crippen LogP contribution in [0.2, 0.25) is 5.02 Å². The molecule has 4 rings (SSSR count). The Bertz CT molecular complexity index is 971. The second kappa shape index (κ2) is 8.08. The molecule has 33 heavy (non-hydrogen) atoms. The number of amides is 1. The van der Waals surface area contributed by atoms with E-state index in [4.69, 9.17) is 30.6 Å². The van der Waals surface area contributed by atoms with Gasteiger partial charge in [0.05, 0.1) is 23.9 Å². The third-order valence-electron chi connectivity index (χ3n) is 5.62. The lowest BCUT2D eigenvalue weighted by molar-refractivity contribution is -0.160. The largest absolute Gasteiger partial charge is 0.491 e. The molecule has 8 nitrogen and oxygen atoms in total. The van der Waals surface area contributed by atoms with Crippen LogP contribution in [-0.2, 0) is 25.5 Å². The Morgan fingerprint density at radius 3 is 2.52 bits per heavy atom. The summed E-state index contributed by atoms with van der Waals surface area (Å²) in [6.45, 7) is 11.5. The van der Waals surface area contributed by atoms with E-state index in [1.807, 2.05) is 12.1 Å². The highest BCUT2D eigenvalue weighted by atomic mass is 35.5. The van der Waals surface area contributed by atoms with E-state index in [1.165, 1.54) is 4.90 Å². The molecule has 9 heteroatoms. The van der Waals surface area contributed by atoms with Crippen molar-refractivity contribution >= 4 is 29.4 Å². The first-order valence-corrected chi connectivity index (χ1v) is 11.6. The van der Waals surface area contributed by atoms with E-state index < -0.39 is 34.9 Å². The summed E-state index contributed by atoms with van der Waals surface area (Å²) in [5.74, 6) is 0.233. The number of rotatable bonds is 2. The van der Waals surface area contributed by atoms with Crippen molar-refractivity contribution in [2.75, 3.05) is 13.2 Å². The number of fused-ring (bicyclic) bond motifs is 1. The van der Waals surface area contributed by atoms with Crippen molar-refractivity contribution in [3.8, 4) is 5.75 Å². The van der Waals surface area contributed by atoms with Crippen molar-refractivity contribution in [3.05, 3.63) is 28.3 Å². The van der Waals surface area contributed by atoms with Crippen LogP contribution in [0.4, 0.5) is 4.79 Å². The second-order valence-electron chi connectivity index (χ2n) is 10.9. The zero-order chi connectivity index (χ0) is 24.2. The summed E-state index contributed by atoms with van der Waals surface area (Å²) in [5, 5.41) is 4.87. The minimum Gasteiger partial charge on any atom is -0.491 e. The number of nitrogens with zero attached hydrogens (tertiary/aromatic N) is 2. The molecule has 0 unspecified atom stereocenters. The Labute approximate surface area is 199 Å². The number of esters is 1. The highest BCUT2D eigenvalue weighted by molar-refractivity contribution is 6.32. The van der Waals surface area contributed by atoms with Crippen molar-refractivity contribution in [2.45, 2.75) is 83.6 Å². The highest BCUT2D eigenvalue weighted by Crippen LogP contribution is 2.42. The first kappa shape index (κ1) is 23.7. The number of carbonyl (C=O) groups excluding carboxylic acids is 2. The average molecular weight is 479 g/mol. The number of oxime groups is 1. The van der Waals surface area contributed by atoms with Crippen LogP contribution in [0.5, 0.6) is 5.75 Å². The van der Waals surface area contributed by atoms with Gasteiger partial charge in [-0.25, -0.2) is 9.59 Å². The average Bonchev–Trinajstić information content (AvgIpc) is 3.38. The maximum Gasteiger partial charge on any atom is 0.411 e. The Morgan fingerprint density at radius 2 is 1.85 bits per heavy atom. The van der Waals surface area contributed by atoms with Crippen molar-refractivity contribution in [1.29, 1.82) is 0 Å². The van der Waals surface area contributed by atoms with Gasteiger partial charge in [0, 0.05) is 24.8 Å². The third-order valence-corrected chi connectivity index (χ3v) is 5.90. The van der Waals surface area contributed by atoms with Crippen LogP contribution in [-0.4, -0.2) is 58.7 Å². The van der Waals surface area contributed by atoms with Crippen LogP contribution in [0.25, 0.3) is 0 Å². The van der Waals surface area contributed by atoms with Crippen LogP contribution in [0.1, 0.15) is 65.5 Å². The van der Waals surface area contributed by atoms with E-state index >= 15 is 0 Å². The van der Waals surface area contributed by atoms with Gasteiger partial charge in [0.15, 0.2) is 5.60 Å². The Kier molecular flexibility index (Phi) is 5.79. The molecule has 0 saturated carbocycles. The van der Waals surface area contributed by atoms with Gasteiger partial charge in [-0.3, -0.25) is 4.90 Å². The van der Waals surface area contributed by atoms with E-state index in [2.05, 4.69) is 5.16 Å². The van der Waals surface area contributed by atoms with Crippen LogP contribution >= 0.6 is 11.6 Å². The number of hydrogen-bond acceptors (Lipinski definition) is 7. The second-order valence-corrected chi connectivity index (χ2v) is 11.3. The van der Waals surface area contributed by atoms with Crippen molar-refractivity contribution in [3.63, 3.8) is 0 Å². The Morgan fingerprint density at radius 1 is 1.15 bits per heavy atom. The SMILES string of the molecule is CC(C)(C)OC(=O)[C@@H]1C[C@]2(CC(c3cc(Cl)c4c(c3)CCO4)=NO2)CN1C(=O)OC(C)(C)C.